The van der Waals surface area contributed by atoms with Gasteiger partial charge in [-0.3, -0.25) is 14.9 Å². The summed E-state index contributed by atoms with van der Waals surface area (Å²) in [7, 11) is 3.88. The van der Waals surface area contributed by atoms with Crippen molar-refractivity contribution in [2.45, 2.75) is 0 Å². The van der Waals surface area contributed by atoms with Crippen LogP contribution in [0.3, 0.4) is 0 Å². The van der Waals surface area contributed by atoms with Crippen LogP contribution in [-0.4, -0.2) is 31.1 Å². The molecule has 0 aliphatic carbocycles. The Morgan fingerprint density at radius 1 is 1.25 bits per heavy atom. The average molecular weight is 327 g/mol. The third-order valence-electron chi connectivity index (χ3n) is 3.20. The minimum absolute atomic E-state index is 0.0711. The quantitative estimate of drug-likeness (QED) is 0.377. The number of nitrogens with zero attached hydrogens (tertiary/aromatic N) is 3. The van der Waals surface area contributed by atoms with Gasteiger partial charge in [-0.05, 0) is 23.8 Å². The van der Waals surface area contributed by atoms with Gasteiger partial charge in [-0.15, -0.1) is 0 Å². The SMILES string of the molecule is CN(C)c1ccc(/C=N/NC(=O)c2cc(N)cc([N+](=O)[O-])c2)cc1. The van der Waals surface area contributed by atoms with Gasteiger partial charge in [-0.2, -0.15) is 5.10 Å². The second kappa shape index (κ2) is 7.23. The molecule has 0 aromatic heterocycles. The Hall–Kier alpha value is -3.42. The zero-order valence-corrected chi connectivity index (χ0v) is 13.3. The smallest absolute Gasteiger partial charge is 0.272 e. The molecule has 8 nitrogen and oxygen atoms in total. The van der Waals surface area contributed by atoms with E-state index in [0.29, 0.717) is 0 Å². The lowest BCUT2D eigenvalue weighted by Gasteiger charge is -2.11. The molecule has 0 saturated heterocycles. The summed E-state index contributed by atoms with van der Waals surface area (Å²) in [5.41, 5.74) is 9.70. The molecule has 0 unspecified atom stereocenters. The minimum Gasteiger partial charge on any atom is -0.399 e. The fourth-order valence-corrected chi connectivity index (χ4v) is 1.96. The monoisotopic (exact) mass is 327 g/mol. The Bertz CT molecular complexity index is 785. The van der Waals surface area contributed by atoms with E-state index in [1.165, 1.54) is 18.3 Å². The molecule has 124 valence electrons. The molecule has 0 bridgehead atoms. The molecule has 24 heavy (non-hydrogen) atoms. The number of anilines is 2. The van der Waals surface area contributed by atoms with E-state index in [2.05, 4.69) is 10.5 Å². The summed E-state index contributed by atoms with van der Waals surface area (Å²) in [6.07, 6.45) is 1.48. The van der Waals surface area contributed by atoms with Crippen LogP contribution in [0.1, 0.15) is 15.9 Å². The number of hydrogen-bond donors (Lipinski definition) is 2. The van der Waals surface area contributed by atoms with Crippen LogP contribution in [0.5, 0.6) is 0 Å². The number of nitrogens with one attached hydrogen (secondary N) is 1. The molecule has 2 rings (SSSR count). The van der Waals surface area contributed by atoms with E-state index in [1.807, 2.05) is 43.3 Å². The van der Waals surface area contributed by atoms with E-state index >= 15 is 0 Å². The van der Waals surface area contributed by atoms with Gasteiger partial charge in [0.2, 0.25) is 0 Å². The molecule has 0 atom stereocenters. The Kier molecular flexibility index (Phi) is 5.10. The van der Waals surface area contributed by atoms with E-state index in [1.54, 1.807) is 0 Å². The van der Waals surface area contributed by atoms with E-state index in [4.69, 9.17) is 5.73 Å². The van der Waals surface area contributed by atoms with Gasteiger partial charge in [0.05, 0.1) is 16.7 Å². The maximum absolute atomic E-state index is 12.0. The van der Waals surface area contributed by atoms with Crippen molar-refractivity contribution in [1.82, 2.24) is 5.43 Å². The number of nitrogen functional groups attached to an aromatic ring is 1. The number of hydrogen-bond acceptors (Lipinski definition) is 6. The summed E-state index contributed by atoms with van der Waals surface area (Å²) in [5, 5.41) is 14.6. The maximum atomic E-state index is 12.0. The second-order valence-corrected chi connectivity index (χ2v) is 5.26. The Morgan fingerprint density at radius 2 is 1.92 bits per heavy atom. The summed E-state index contributed by atoms with van der Waals surface area (Å²) in [4.78, 5) is 24.1. The summed E-state index contributed by atoms with van der Waals surface area (Å²) >= 11 is 0. The Labute approximate surface area is 138 Å². The highest BCUT2D eigenvalue weighted by atomic mass is 16.6. The third kappa shape index (κ3) is 4.29. The molecule has 0 fully saturated rings. The predicted octanol–water partition coefficient (Wildman–Crippen LogP) is 2.01. The van der Waals surface area contributed by atoms with Gasteiger partial charge < -0.3 is 10.6 Å². The molecular weight excluding hydrogens is 310 g/mol. The van der Waals surface area contributed by atoms with Crippen LogP contribution in [0.2, 0.25) is 0 Å². The highest BCUT2D eigenvalue weighted by Crippen LogP contribution is 2.18. The summed E-state index contributed by atoms with van der Waals surface area (Å²) in [5.74, 6) is -0.577. The van der Waals surface area contributed by atoms with E-state index in [9.17, 15) is 14.9 Å². The molecular formula is C16H17N5O3. The second-order valence-electron chi connectivity index (χ2n) is 5.26. The molecule has 0 spiro atoms. The zero-order chi connectivity index (χ0) is 17.7. The standard InChI is InChI=1S/C16H17N5O3/c1-20(2)14-5-3-11(4-6-14)10-18-19-16(22)12-7-13(17)9-15(8-12)21(23)24/h3-10H,17H2,1-2H3,(H,19,22)/b18-10+. The van der Waals surface area contributed by atoms with Gasteiger partial charge in [-0.25, -0.2) is 5.43 Å². The van der Waals surface area contributed by atoms with Crippen molar-refractivity contribution in [3.8, 4) is 0 Å². The third-order valence-corrected chi connectivity index (χ3v) is 3.20. The van der Waals surface area contributed by atoms with Crippen molar-refractivity contribution in [3.63, 3.8) is 0 Å². The first-order chi connectivity index (χ1) is 11.4. The van der Waals surface area contributed by atoms with Crippen molar-refractivity contribution in [1.29, 1.82) is 0 Å². The first kappa shape index (κ1) is 16.9. The molecule has 2 aromatic rings. The average Bonchev–Trinajstić information content (AvgIpc) is 2.54. The molecule has 0 radical (unpaired) electrons. The zero-order valence-electron chi connectivity index (χ0n) is 13.3. The molecule has 3 N–H and O–H groups in total. The van der Waals surface area contributed by atoms with E-state index in [0.717, 1.165) is 17.3 Å². The van der Waals surface area contributed by atoms with Gasteiger partial charge in [0.15, 0.2) is 0 Å². The van der Waals surface area contributed by atoms with Crippen LogP contribution in [-0.2, 0) is 0 Å². The van der Waals surface area contributed by atoms with Crippen molar-refractivity contribution in [2.24, 2.45) is 5.10 Å². The fourth-order valence-electron chi connectivity index (χ4n) is 1.96. The van der Waals surface area contributed by atoms with Crippen LogP contribution in [0.4, 0.5) is 17.1 Å². The van der Waals surface area contributed by atoms with Crippen molar-refractivity contribution in [3.05, 3.63) is 63.7 Å². The van der Waals surface area contributed by atoms with Crippen molar-refractivity contribution >= 4 is 29.2 Å². The number of benzene rings is 2. The fraction of sp³-hybridized carbons (Fsp3) is 0.125. The first-order valence-electron chi connectivity index (χ1n) is 7.02. The minimum atomic E-state index is -0.608. The summed E-state index contributed by atoms with van der Waals surface area (Å²) in [6.45, 7) is 0. The highest BCUT2D eigenvalue weighted by Gasteiger charge is 2.13. The highest BCUT2D eigenvalue weighted by molar-refractivity contribution is 5.96. The lowest BCUT2D eigenvalue weighted by Crippen LogP contribution is -2.18. The van der Waals surface area contributed by atoms with Crippen LogP contribution < -0.4 is 16.1 Å². The lowest BCUT2D eigenvalue weighted by molar-refractivity contribution is -0.384. The largest absolute Gasteiger partial charge is 0.399 e. The van der Waals surface area contributed by atoms with Gasteiger partial charge >= 0.3 is 0 Å². The van der Waals surface area contributed by atoms with Crippen LogP contribution in [0, 0.1) is 10.1 Å². The molecule has 2 aromatic carbocycles. The predicted molar refractivity (Wildman–Crippen MR) is 93.3 cm³/mol. The number of non-ortho nitro benzene ring substituents is 1. The van der Waals surface area contributed by atoms with Crippen molar-refractivity contribution < 1.29 is 9.72 Å². The Morgan fingerprint density at radius 3 is 2.50 bits per heavy atom. The Balaban J connectivity index is 2.06. The van der Waals surface area contributed by atoms with Gasteiger partial charge in [0.25, 0.3) is 11.6 Å². The number of carbonyl (C=O) groups excluding carboxylic acids is 1. The van der Waals surface area contributed by atoms with Gasteiger partial charge in [0, 0.05) is 37.6 Å². The van der Waals surface area contributed by atoms with Crippen LogP contribution in [0.15, 0.2) is 47.6 Å². The number of hydrazone groups is 1. The normalized spacial score (nSPS) is 10.6. The van der Waals surface area contributed by atoms with Crippen molar-refractivity contribution in [2.75, 3.05) is 24.7 Å². The summed E-state index contributed by atoms with van der Waals surface area (Å²) in [6, 6.07) is 11.2. The van der Waals surface area contributed by atoms with Crippen LogP contribution >= 0.6 is 0 Å². The number of carbonyl (C=O) groups is 1. The molecule has 1 amide bonds. The topological polar surface area (TPSA) is 114 Å². The maximum Gasteiger partial charge on any atom is 0.272 e. The first-order valence-corrected chi connectivity index (χ1v) is 7.02. The number of amides is 1. The van der Waals surface area contributed by atoms with Gasteiger partial charge in [-0.1, -0.05) is 12.1 Å². The summed E-state index contributed by atoms with van der Waals surface area (Å²) < 4.78 is 0. The number of nitro groups is 1. The van der Waals surface area contributed by atoms with Gasteiger partial charge in [0.1, 0.15) is 0 Å². The number of nitro benzene ring substituents is 1. The molecule has 0 aliphatic heterocycles. The number of nitrogens with two attached hydrogens (primary N) is 1. The van der Waals surface area contributed by atoms with E-state index < -0.39 is 10.8 Å². The molecule has 0 heterocycles. The molecule has 0 aliphatic rings. The van der Waals surface area contributed by atoms with E-state index in [-0.39, 0.29) is 16.9 Å². The molecule has 8 heteroatoms. The van der Waals surface area contributed by atoms with Crippen LogP contribution in [0.25, 0.3) is 0 Å². The number of rotatable bonds is 5. The lowest BCUT2D eigenvalue weighted by atomic mass is 10.1. The molecule has 0 saturated carbocycles.